The summed E-state index contributed by atoms with van der Waals surface area (Å²) in [7, 11) is 9.66. The van der Waals surface area contributed by atoms with Crippen molar-refractivity contribution in [1.29, 1.82) is 0 Å². The van der Waals surface area contributed by atoms with Crippen molar-refractivity contribution in [3.8, 4) is 11.5 Å². The van der Waals surface area contributed by atoms with Crippen LogP contribution in [0, 0.1) is 0 Å². The van der Waals surface area contributed by atoms with Crippen LogP contribution in [-0.2, 0) is 19.2 Å². The second-order valence-corrected chi connectivity index (χ2v) is 12.2. The third-order valence-electron chi connectivity index (χ3n) is 8.33. The van der Waals surface area contributed by atoms with Gasteiger partial charge in [-0.05, 0) is 86.6 Å². The third kappa shape index (κ3) is 11.1. The molecule has 0 radical (unpaired) electrons. The molecule has 7 N–H and O–H groups in total. The Bertz CT molecular complexity index is 2210. The highest BCUT2D eigenvalue weighted by atomic mass is 16.5. The Kier molecular flexibility index (Phi) is 14.7. The van der Waals surface area contributed by atoms with Crippen LogP contribution < -0.4 is 46.7 Å². The SMILES string of the molecule is CNc1cc(N=NC(C(C)=O)C(=O)Nc2cc(NC)ccc2OC)cc(C(=O)Nc2ccc(N=NC(C(C)=O)C(=O)Nc3cc(NC)ccc3OC)cc2NC)c1. The number of azo groups is 2. The van der Waals surface area contributed by atoms with E-state index >= 15 is 0 Å². The monoisotopic (exact) mass is 779 g/mol. The Hall–Kier alpha value is -7.37. The lowest BCUT2D eigenvalue weighted by Crippen LogP contribution is -2.32. The van der Waals surface area contributed by atoms with Crippen LogP contribution in [0.25, 0.3) is 0 Å². The molecule has 0 aliphatic carbocycles. The van der Waals surface area contributed by atoms with Gasteiger partial charge in [-0.3, -0.25) is 24.0 Å². The number of Topliss-reactive ketones (excluding diaryl/α,β-unsaturated/α-hetero) is 2. The lowest BCUT2D eigenvalue weighted by atomic mass is 10.1. The van der Waals surface area contributed by atoms with Crippen molar-refractivity contribution in [2.45, 2.75) is 25.9 Å². The summed E-state index contributed by atoms with van der Waals surface area (Å²) < 4.78 is 10.7. The zero-order chi connectivity index (χ0) is 41.6. The number of ether oxygens (including phenoxy) is 2. The second kappa shape index (κ2) is 19.8. The number of carbonyl (C=O) groups is 5. The van der Waals surface area contributed by atoms with Gasteiger partial charge in [-0.2, -0.15) is 20.5 Å². The molecular weight excluding hydrogens is 734 g/mol. The van der Waals surface area contributed by atoms with Crippen molar-refractivity contribution in [2.75, 3.05) is 79.6 Å². The Morgan fingerprint density at radius 1 is 0.509 bits per heavy atom. The van der Waals surface area contributed by atoms with Gasteiger partial charge in [-0.25, -0.2) is 0 Å². The first-order valence-electron chi connectivity index (χ1n) is 17.5. The molecule has 2 atom stereocenters. The van der Waals surface area contributed by atoms with Crippen LogP contribution >= 0.6 is 0 Å². The van der Waals surface area contributed by atoms with Gasteiger partial charge >= 0.3 is 0 Å². The third-order valence-corrected chi connectivity index (χ3v) is 8.33. The Morgan fingerprint density at radius 3 is 1.47 bits per heavy atom. The number of amides is 3. The first-order chi connectivity index (χ1) is 27.3. The molecule has 0 fully saturated rings. The van der Waals surface area contributed by atoms with E-state index in [1.54, 1.807) is 94.9 Å². The number of methoxy groups -OCH3 is 2. The van der Waals surface area contributed by atoms with Crippen molar-refractivity contribution in [3.63, 3.8) is 0 Å². The highest BCUT2D eigenvalue weighted by molar-refractivity contribution is 6.12. The van der Waals surface area contributed by atoms with Crippen molar-refractivity contribution in [2.24, 2.45) is 20.5 Å². The Morgan fingerprint density at radius 2 is 1.02 bits per heavy atom. The van der Waals surface area contributed by atoms with Crippen LogP contribution in [-0.4, -0.2) is 83.8 Å². The summed E-state index contributed by atoms with van der Waals surface area (Å²) >= 11 is 0. The normalized spacial score (nSPS) is 11.9. The molecule has 0 heterocycles. The molecule has 0 aliphatic rings. The molecule has 4 aromatic carbocycles. The van der Waals surface area contributed by atoms with E-state index in [9.17, 15) is 24.0 Å². The summed E-state index contributed by atoms with van der Waals surface area (Å²) in [5, 5.41) is 36.5. The minimum Gasteiger partial charge on any atom is -0.495 e. The smallest absolute Gasteiger partial charge is 0.258 e. The summed E-state index contributed by atoms with van der Waals surface area (Å²) in [6, 6.07) is 16.6. The van der Waals surface area contributed by atoms with Crippen molar-refractivity contribution < 1.29 is 33.4 Å². The Labute approximate surface area is 329 Å². The van der Waals surface area contributed by atoms with Crippen LogP contribution in [0.5, 0.6) is 11.5 Å². The van der Waals surface area contributed by atoms with Crippen molar-refractivity contribution in [3.05, 3.63) is 78.4 Å². The minimum absolute atomic E-state index is 0.186. The number of benzene rings is 4. The van der Waals surface area contributed by atoms with Crippen LogP contribution in [0.3, 0.4) is 0 Å². The highest BCUT2D eigenvalue weighted by Gasteiger charge is 2.26. The molecule has 4 rings (SSSR count). The van der Waals surface area contributed by atoms with E-state index < -0.39 is 41.4 Å². The van der Waals surface area contributed by atoms with Crippen LogP contribution in [0.15, 0.2) is 93.3 Å². The predicted molar refractivity (Wildman–Crippen MR) is 220 cm³/mol. The molecule has 3 amide bonds. The average Bonchev–Trinajstić information content (AvgIpc) is 3.20. The van der Waals surface area contributed by atoms with Crippen LogP contribution in [0.4, 0.5) is 51.2 Å². The van der Waals surface area contributed by atoms with E-state index in [4.69, 9.17) is 9.47 Å². The van der Waals surface area contributed by atoms with Gasteiger partial charge in [-0.1, -0.05) is 0 Å². The number of rotatable bonds is 18. The molecule has 0 saturated heterocycles. The van der Waals surface area contributed by atoms with Gasteiger partial charge in [-0.15, -0.1) is 0 Å². The fourth-order valence-electron chi connectivity index (χ4n) is 5.26. The highest BCUT2D eigenvalue weighted by Crippen LogP contribution is 2.31. The first kappa shape index (κ1) is 42.4. The van der Waals surface area contributed by atoms with Gasteiger partial charge in [0.05, 0.1) is 48.3 Å². The second-order valence-electron chi connectivity index (χ2n) is 12.2. The van der Waals surface area contributed by atoms with E-state index in [0.29, 0.717) is 57.0 Å². The molecular formula is C39H45N11O7. The van der Waals surface area contributed by atoms with Gasteiger partial charge in [0.15, 0.2) is 11.6 Å². The number of hydrogen-bond acceptors (Lipinski definition) is 15. The first-order valence-corrected chi connectivity index (χ1v) is 17.5. The zero-order valence-electron chi connectivity index (χ0n) is 32.7. The largest absolute Gasteiger partial charge is 0.495 e. The molecule has 57 heavy (non-hydrogen) atoms. The molecule has 0 aromatic heterocycles. The van der Waals surface area contributed by atoms with Gasteiger partial charge in [0.2, 0.25) is 12.1 Å². The Balaban J connectivity index is 1.51. The van der Waals surface area contributed by atoms with E-state index in [1.165, 1.54) is 34.1 Å². The lowest BCUT2D eigenvalue weighted by Gasteiger charge is -2.14. The maximum absolute atomic E-state index is 13.5. The van der Waals surface area contributed by atoms with E-state index in [1.807, 2.05) is 0 Å². The molecule has 298 valence electrons. The van der Waals surface area contributed by atoms with E-state index in [-0.39, 0.29) is 11.3 Å². The van der Waals surface area contributed by atoms with E-state index in [2.05, 4.69) is 57.7 Å². The molecule has 18 nitrogen and oxygen atoms in total. The molecule has 2 unspecified atom stereocenters. The van der Waals surface area contributed by atoms with E-state index in [0.717, 1.165) is 0 Å². The summed E-state index contributed by atoms with van der Waals surface area (Å²) in [5.74, 6) is -2.24. The van der Waals surface area contributed by atoms with Gasteiger partial charge in [0.1, 0.15) is 11.5 Å². The van der Waals surface area contributed by atoms with Gasteiger partial charge < -0.3 is 46.7 Å². The summed E-state index contributed by atoms with van der Waals surface area (Å²) in [6.07, 6.45) is 0. The summed E-state index contributed by atoms with van der Waals surface area (Å²) in [4.78, 5) is 64.8. The summed E-state index contributed by atoms with van der Waals surface area (Å²) in [6.45, 7) is 2.46. The molecule has 0 bridgehead atoms. The fraction of sp³-hybridized carbons (Fsp3) is 0.256. The molecule has 4 aromatic rings. The number of anilines is 7. The number of nitrogens with one attached hydrogen (secondary N) is 7. The predicted octanol–water partition coefficient (Wildman–Crippen LogP) is 6.48. The van der Waals surface area contributed by atoms with Crippen LogP contribution in [0.2, 0.25) is 0 Å². The van der Waals surface area contributed by atoms with Crippen LogP contribution in [0.1, 0.15) is 24.2 Å². The molecule has 18 heteroatoms. The molecule has 0 spiro atoms. The van der Waals surface area contributed by atoms with Crippen molar-refractivity contribution >= 4 is 80.5 Å². The summed E-state index contributed by atoms with van der Waals surface area (Å²) in [5.41, 5.74) is 4.12. The number of nitrogens with zero attached hydrogens (tertiary/aromatic N) is 4. The standard InChI is InChI=1S/C39H45N11O7/c1-21(51)35(38(54)45-31-18-24(40-3)10-13-33(31)56-7)49-47-26-9-12-29(30(20-26)43-6)44-37(53)23-15-27(42-5)17-28(16-23)48-50-36(22(2)52)39(55)46-32-19-25(41-4)11-14-34(32)57-8/h9-20,35-36,40-43H,1-8H3,(H,44,53)(H,45,54)(H,46,55). The number of hydrogen-bond donors (Lipinski definition) is 7. The quantitative estimate of drug-likeness (QED) is 0.0426. The number of carbonyl (C=O) groups excluding carboxylic acids is 5. The fourth-order valence-corrected chi connectivity index (χ4v) is 5.26. The maximum Gasteiger partial charge on any atom is 0.258 e. The molecule has 0 aliphatic heterocycles. The lowest BCUT2D eigenvalue weighted by molar-refractivity contribution is -0.127. The minimum atomic E-state index is -1.49. The van der Waals surface area contributed by atoms with Gasteiger partial charge in [0, 0.05) is 50.8 Å². The molecule has 0 saturated carbocycles. The number of ketones is 2. The zero-order valence-corrected chi connectivity index (χ0v) is 32.7. The van der Waals surface area contributed by atoms with Crippen molar-refractivity contribution in [1.82, 2.24) is 0 Å². The average molecular weight is 780 g/mol. The van der Waals surface area contributed by atoms with Gasteiger partial charge in [0.25, 0.3) is 17.7 Å². The topological polar surface area (TPSA) is 237 Å². The maximum atomic E-state index is 13.5.